The van der Waals surface area contributed by atoms with Gasteiger partial charge in [0, 0.05) is 5.39 Å². The van der Waals surface area contributed by atoms with Crippen LogP contribution < -0.4 is 5.32 Å². The van der Waals surface area contributed by atoms with Gasteiger partial charge in [-0.1, -0.05) is 30.3 Å². The third-order valence-corrected chi connectivity index (χ3v) is 2.85. The molecule has 1 aromatic heterocycles. The predicted octanol–water partition coefficient (Wildman–Crippen LogP) is 3.82. The zero-order valence-corrected chi connectivity index (χ0v) is 9.89. The number of hydrogen-bond donors (Lipinski definition) is 1. The molecule has 0 bridgehead atoms. The summed E-state index contributed by atoms with van der Waals surface area (Å²) in [6, 6.07) is 13.2. The van der Waals surface area contributed by atoms with Crippen LogP contribution in [0.5, 0.6) is 0 Å². The van der Waals surface area contributed by atoms with Crippen molar-refractivity contribution in [2.75, 3.05) is 5.32 Å². The lowest BCUT2D eigenvalue weighted by Gasteiger charge is -2.04. The van der Waals surface area contributed by atoms with Crippen LogP contribution in [0.3, 0.4) is 0 Å². The molecule has 0 atom stereocenters. The zero-order valence-electron chi connectivity index (χ0n) is 9.89. The molecule has 0 saturated heterocycles. The topological polar surface area (TPSA) is 42.2 Å². The molecule has 1 heterocycles. The summed E-state index contributed by atoms with van der Waals surface area (Å²) < 4.78 is 18.8. The van der Waals surface area contributed by atoms with E-state index in [0.29, 0.717) is 16.5 Å². The van der Waals surface area contributed by atoms with Crippen LogP contribution in [0.4, 0.5) is 10.1 Å². The van der Waals surface area contributed by atoms with Gasteiger partial charge in [-0.3, -0.25) is 4.79 Å². The van der Waals surface area contributed by atoms with E-state index in [1.54, 1.807) is 24.3 Å². The number of furan rings is 1. The van der Waals surface area contributed by atoms with Crippen LogP contribution in [0.15, 0.2) is 59.2 Å². The lowest BCUT2D eigenvalue weighted by molar-refractivity contribution is 0.102. The summed E-state index contributed by atoms with van der Waals surface area (Å²) in [5.41, 5.74) is 1.16. The molecule has 19 heavy (non-hydrogen) atoms. The zero-order chi connectivity index (χ0) is 13.2. The molecule has 0 aliphatic rings. The number of para-hydroxylation sites is 2. The van der Waals surface area contributed by atoms with Gasteiger partial charge in [0.05, 0.1) is 11.3 Å². The second-order valence-electron chi connectivity index (χ2n) is 4.08. The van der Waals surface area contributed by atoms with E-state index in [1.807, 2.05) is 12.1 Å². The summed E-state index contributed by atoms with van der Waals surface area (Å²) in [5.74, 6) is -0.862. The Balaban J connectivity index is 1.95. The highest BCUT2D eigenvalue weighted by atomic mass is 19.1. The van der Waals surface area contributed by atoms with Crippen molar-refractivity contribution in [2.45, 2.75) is 0 Å². The van der Waals surface area contributed by atoms with Crippen molar-refractivity contribution < 1.29 is 13.6 Å². The molecule has 0 unspecified atom stereocenters. The van der Waals surface area contributed by atoms with E-state index >= 15 is 0 Å². The highest BCUT2D eigenvalue weighted by Crippen LogP contribution is 2.22. The molecular weight excluding hydrogens is 245 g/mol. The first-order valence-corrected chi connectivity index (χ1v) is 5.78. The molecule has 0 saturated carbocycles. The van der Waals surface area contributed by atoms with Crippen LogP contribution in [-0.4, -0.2) is 5.91 Å². The Morgan fingerprint density at radius 1 is 1.05 bits per heavy atom. The average Bonchev–Trinajstić information content (AvgIpc) is 2.85. The number of hydrogen-bond acceptors (Lipinski definition) is 2. The molecule has 1 N–H and O–H groups in total. The minimum atomic E-state index is -0.469. The summed E-state index contributed by atoms with van der Waals surface area (Å²) in [7, 11) is 0. The van der Waals surface area contributed by atoms with E-state index in [1.165, 1.54) is 18.4 Å². The number of carbonyl (C=O) groups excluding carboxylic acids is 1. The van der Waals surface area contributed by atoms with Crippen molar-refractivity contribution in [2.24, 2.45) is 0 Å². The van der Waals surface area contributed by atoms with Crippen molar-refractivity contribution in [3.05, 3.63) is 66.2 Å². The van der Waals surface area contributed by atoms with Crippen molar-refractivity contribution in [1.82, 2.24) is 0 Å². The van der Waals surface area contributed by atoms with Crippen LogP contribution in [0.2, 0.25) is 0 Å². The Hall–Kier alpha value is -2.62. The van der Waals surface area contributed by atoms with Crippen LogP contribution in [0.1, 0.15) is 10.4 Å². The number of nitrogens with one attached hydrogen (secondary N) is 1. The van der Waals surface area contributed by atoms with Gasteiger partial charge in [-0.05, 0) is 18.2 Å². The quantitative estimate of drug-likeness (QED) is 0.756. The molecule has 3 aromatic rings. The van der Waals surface area contributed by atoms with Gasteiger partial charge in [0.2, 0.25) is 0 Å². The van der Waals surface area contributed by atoms with E-state index in [2.05, 4.69) is 5.32 Å². The van der Waals surface area contributed by atoms with E-state index in [9.17, 15) is 9.18 Å². The Morgan fingerprint density at radius 2 is 1.79 bits per heavy atom. The molecule has 2 aromatic carbocycles. The number of rotatable bonds is 2. The predicted molar refractivity (Wildman–Crippen MR) is 70.6 cm³/mol. The monoisotopic (exact) mass is 255 g/mol. The van der Waals surface area contributed by atoms with Crippen LogP contribution in [0.25, 0.3) is 11.0 Å². The Kier molecular flexibility index (Phi) is 2.76. The third-order valence-electron chi connectivity index (χ3n) is 2.85. The lowest BCUT2D eigenvalue weighted by atomic mass is 10.1. The van der Waals surface area contributed by atoms with Gasteiger partial charge in [-0.15, -0.1) is 0 Å². The molecular formula is C15H10FNO2. The summed E-state index contributed by atoms with van der Waals surface area (Å²) >= 11 is 0. The van der Waals surface area contributed by atoms with E-state index in [-0.39, 0.29) is 5.69 Å². The Bertz CT molecular complexity index is 748. The highest BCUT2D eigenvalue weighted by molar-refractivity contribution is 6.12. The fraction of sp³-hybridized carbons (Fsp3) is 0. The standard InChI is InChI=1S/C15H10FNO2/c16-12-6-2-3-7-13(12)17-15(18)11-9-19-14-8-4-1-5-10(11)14/h1-9H,(H,17,18). The minimum Gasteiger partial charge on any atom is -0.463 e. The maximum absolute atomic E-state index is 13.5. The number of fused-ring (bicyclic) bond motifs is 1. The second-order valence-corrected chi connectivity index (χ2v) is 4.08. The van der Waals surface area contributed by atoms with Crippen molar-refractivity contribution in [3.8, 4) is 0 Å². The first-order valence-electron chi connectivity index (χ1n) is 5.78. The van der Waals surface area contributed by atoms with Crippen LogP contribution in [-0.2, 0) is 0 Å². The van der Waals surface area contributed by atoms with Gasteiger partial charge in [-0.25, -0.2) is 4.39 Å². The van der Waals surface area contributed by atoms with E-state index in [0.717, 1.165) is 0 Å². The molecule has 0 radical (unpaired) electrons. The summed E-state index contributed by atoms with van der Waals surface area (Å²) in [6.45, 7) is 0. The van der Waals surface area contributed by atoms with Crippen molar-refractivity contribution in [3.63, 3.8) is 0 Å². The number of anilines is 1. The molecule has 4 heteroatoms. The second kappa shape index (κ2) is 4.57. The van der Waals surface area contributed by atoms with E-state index < -0.39 is 11.7 Å². The number of halogens is 1. The van der Waals surface area contributed by atoms with Crippen LogP contribution >= 0.6 is 0 Å². The molecule has 1 amide bonds. The highest BCUT2D eigenvalue weighted by Gasteiger charge is 2.14. The fourth-order valence-electron chi connectivity index (χ4n) is 1.91. The maximum atomic E-state index is 13.5. The Morgan fingerprint density at radius 3 is 2.63 bits per heavy atom. The van der Waals surface area contributed by atoms with E-state index in [4.69, 9.17) is 4.42 Å². The lowest BCUT2D eigenvalue weighted by Crippen LogP contribution is -2.12. The Labute approximate surface area is 108 Å². The van der Waals surface area contributed by atoms with Gasteiger partial charge in [-0.2, -0.15) is 0 Å². The van der Waals surface area contributed by atoms with Crippen molar-refractivity contribution >= 4 is 22.6 Å². The first kappa shape index (κ1) is 11.5. The number of amides is 1. The third kappa shape index (κ3) is 2.08. The summed E-state index contributed by atoms with van der Waals surface area (Å²) in [6.07, 6.45) is 1.38. The summed E-state index contributed by atoms with van der Waals surface area (Å²) in [4.78, 5) is 12.1. The van der Waals surface area contributed by atoms with Gasteiger partial charge in [0.25, 0.3) is 5.91 Å². The van der Waals surface area contributed by atoms with Gasteiger partial charge in [0.15, 0.2) is 0 Å². The normalized spacial score (nSPS) is 10.6. The number of carbonyl (C=O) groups is 1. The van der Waals surface area contributed by atoms with Crippen molar-refractivity contribution in [1.29, 1.82) is 0 Å². The fourth-order valence-corrected chi connectivity index (χ4v) is 1.91. The number of benzene rings is 2. The minimum absolute atomic E-state index is 0.151. The molecule has 3 nitrogen and oxygen atoms in total. The molecule has 0 fully saturated rings. The SMILES string of the molecule is O=C(Nc1ccccc1F)c1coc2ccccc12. The average molecular weight is 255 g/mol. The smallest absolute Gasteiger partial charge is 0.259 e. The van der Waals surface area contributed by atoms with Gasteiger partial charge >= 0.3 is 0 Å². The molecule has 3 rings (SSSR count). The molecule has 0 spiro atoms. The van der Waals surface area contributed by atoms with Gasteiger partial charge in [0.1, 0.15) is 17.7 Å². The largest absolute Gasteiger partial charge is 0.463 e. The molecule has 94 valence electrons. The maximum Gasteiger partial charge on any atom is 0.259 e. The molecule has 0 aliphatic heterocycles. The first-order chi connectivity index (χ1) is 9.25. The van der Waals surface area contributed by atoms with Gasteiger partial charge < -0.3 is 9.73 Å². The summed E-state index contributed by atoms with van der Waals surface area (Å²) in [5, 5.41) is 3.24. The molecule has 0 aliphatic carbocycles. The van der Waals surface area contributed by atoms with Crippen LogP contribution in [0, 0.1) is 5.82 Å².